The van der Waals surface area contributed by atoms with Crippen LogP contribution in [0.2, 0.25) is 0 Å². The summed E-state index contributed by atoms with van der Waals surface area (Å²) in [6, 6.07) is 8.36. The minimum atomic E-state index is -0.161. The lowest BCUT2D eigenvalue weighted by Crippen LogP contribution is -2.36. The highest BCUT2D eigenvalue weighted by Crippen LogP contribution is 2.22. The number of hydrogen-bond acceptors (Lipinski definition) is 7. The van der Waals surface area contributed by atoms with Gasteiger partial charge >= 0.3 is 0 Å². The molecule has 4 rings (SSSR count). The van der Waals surface area contributed by atoms with Gasteiger partial charge in [-0.15, -0.1) is 11.3 Å². The van der Waals surface area contributed by atoms with E-state index in [0.717, 1.165) is 55.8 Å². The monoisotopic (exact) mass is 427 g/mol. The number of ether oxygens (including phenoxy) is 1. The van der Waals surface area contributed by atoms with Crippen LogP contribution in [0.3, 0.4) is 0 Å². The lowest BCUT2D eigenvalue weighted by Gasteiger charge is -2.26. The van der Waals surface area contributed by atoms with Crippen LogP contribution in [-0.2, 0) is 16.0 Å². The van der Waals surface area contributed by atoms with Crippen LogP contribution in [0.5, 0.6) is 0 Å². The number of hydrogen-bond donors (Lipinski definition) is 1. The fourth-order valence-electron chi connectivity index (χ4n) is 3.76. The van der Waals surface area contributed by atoms with Gasteiger partial charge in [0.1, 0.15) is 0 Å². The van der Waals surface area contributed by atoms with Gasteiger partial charge in [0.25, 0.3) is 0 Å². The Bertz CT molecular complexity index is 837. The summed E-state index contributed by atoms with van der Waals surface area (Å²) in [5, 5.41) is 7.00. The van der Waals surface area contributed by atoms with Crippen molar-refractivity contribution in [2.75, 3.05) is 49.2 Å². The van der Waals surface area contributed by atoms with Crippen molar-refractivity contribution in [2.45, 2.75) is 32.1 Å². The van der Waals surface area contributed by atoms with Gasteiger partial charge in [0.05, 0.1) is 31.5 Å². The molecule has 1 N–H and O–H groups in total. The van der Waals surface area contributed by atoms with E-state index in [1.807, 2.05) is 17.5 Å². The van der Waals surface area contributed by atoms with Gasteiger partial charge in [0.2, 0.25) is 5.91 Å². The second-order valence-electron chi connectivity index (χ2n) is 7.68. The molecule has 0 atom stereocenters. The highest BCUT2D eigenvalue weighted by Gasteiger charge is 2.15. The van der Waals surface area contributed by atoms with E-state index in [9.17, 15) is 4.79 Å². The van der Waals surface area contributed by atoms with Gasteiger partial charge in [0, 0.05) is 37.2 Å². The fraction of sp³-hybridized carbons (Fsp3) is 0.500. The molecule has 8 heteroatoms. The first-order valence-electron chi connectivity index (χ1n) is 10.7. The van der Waals surface area contributed by atoms with Crippen molar-refractivity contribution in [3.63, 3.8) is 0 Å². The Morgan fingerprint density at radius 3 is 2.53 bits per heavy atom. The molecule has 2 fully saturated rings. The maximum atomic E-state index is 12.2. The number of rotatable bonds is 6. The molecule has 0 aliphatic carbocycles. The Kier molecular flexibility index (Phi) is 7.31. The molecule has 2 aromatic rings. The van der Waals surface area contributed by atoms with E-state index in [0.29, 0.717) is 0 Å². The summed E-state index contributed by atoms with van der Waals surface area (Å²) in [4.78, 5) is 21.4. The highest BCUT2D eigenvalue weighted by atomic mass is 32.1. The fourth-order valence-corrected chi connectivity index (χ4v) is 4.64. The average Bonchev–Trinajstić information content (AvgIpc) is 3.07. The van der Waals surface area contributed by atoms with Crippen molar-refractivity contribution in [1.29, 1.82) is 0 Å². The second-order valence-corrected chi connectivity index (χ2v) is 8.52. The Hall–Kier alpha value is -2.45. The number of benzene rings is 1. The number of thiazole rings is 1. The molecule has 1 amide bonds. The average molecular weight is 428 g/mol. The van der Waals surface area contributed by atoms with Gasteiger partial charge in [-0.25, -0.2) is 10.4 Å². The summed E-state index contributed by atoms with van der Waals surface area (Å²) in [6.07, 6.45) is 7.10. The van der Waals surface area contributed by atoms with Crippen LogP contribution in [0.25, 0.3) is 0 Å². The number of nitrogens with zero attached hydrogens (tertiary/aromatic N) is 4. The van der Waals surface area contributed by atoms with E-state index in [1.54, 1.807) is 17.6 Å². The first-order chi connectivity index (χ1) is 14.8. The van der Waals surface area contributed by atoms with Crippen molar-refractivity contribution in [3.8, 4) is 0 Å². The molecular formula is C22H29N5O2S. The van der Waals surface area contributed by atoms with Gasteiger partial charge in [-0.2, -0.15) is 5.10 Å². The minimum absolute atomic E-state index is 0.161. The lowest BCUT2D eigenvalue weighted by atomic mass is 10.2. The van der Waals surface area contributed by atoms with E-state index < -0.39 is 0 Å². The Labute approximate surface area is 181 Å². The van der Waals surface area contributed by atoms with Crippen LogP contribution in [0, 0.1) is 0 Å². The molecule has 2 aliphatic rings. The third-order valence-corrected chi connectivity index (χ3v) is 6.38. The maximum absolute atomic E-state index is 12.2. The van der Waals surface area contributed by atoms with Crippen molar-refractivity contribution >= 4 is 34.3 Å². The zero-order chi connectivity index (χ0) is 20.6. The van der Waals surface area contributed by atoms with E-state index in [-0.39, 0.29) is 12.3 Å². The smallest absolute Gasteiger partial charge is 0.246 e. The number of aromatic nitrogens is 1. The molecule has 2 aliphatic heterocycles. The van der Waals surface area contributed by atoms with Gasteiger partial charge in [-0.3, -0.25) is 4.79 Å². The molecule has 0 spiro atoms. The molecular weight excluding hydrogens is 398 g/mol. The summed E-state index contributed by atoms with van der Waals surface area (Å²) in [5.41, 5.74) is 5.61. The predicted molar refractivity (Wildman–Crippen MR) is 122 cm³/mol. The number of hydrazone groups is 1. The third kappa shape index (κ3) is 5.79. The largest absolute Gasteiger partial charge is 0.378 e. The SMILES string of the molecule is O=C(Cc1csc(N2CCOCC2)n1)N/N=C\c1ccc(N2CCCCCC2)cc1. The quantitative estimate of drug-likeness (QED) is 0.567. The first-order valence-corrected chi connectivity index (χ1v) is 11.6. The minimum Gasteiger partial charge on any atom is -0.378 e. The van der Waals surface area contributed by atoms with Crippen molar-refractivity contribution in [1.82, 2.24) is 10.4 Å². The number of carbonyl (C=O) groups is 1. The Morgan fingerprint density at radius 2 is 1.80 bits per heavy atom. The van der Waals surface area contributed by atoms with Gasteiger partial charge in [0.15, 0.2) is 5.13 Å². The molecule has 0 saturated carbocycles. The zero-order valence-electron chi connectivity index (χ0n) is 17.3. The molecule has 0 unspecified atom stereocenters. The van der Waals surface area contributed by atoms with E-state index in [2.05, 4.69) is 37.4 Å². The van der Waals surface area contributed by atoms with Crippen LogP contribution >= 0.6 is 11.3 Å². The molecule has 1 aromatic carbocycles. The molecule has 0 radical (unpaired) electrons. The molecule has 2 saturated heterocycles. The summed E-state index contributed by atoms with van der Waals surface area (Å²) >= 11 is 1.57. The molecule has 160 valence electrons. The lowest BCUT2D eigenvalue weighted by molar-refractivity contribution is -0.120. The van der Waals surface area contributed by atoms with Crippen molar-refractivity contribution in [2.24, 2.45) is 5.10 Å². The number of nitrogens with one attached hydrogen (secondary N) is 1. The Morgan fingerprint density at radius 1 is 1.07 bits per heavy atom. The first kappa shape index (κ1) is 20.8. The molecule has 3 heterocycles. The predicted octanol–water partition coefficient (Wildman–Crippen LogP) is 3.05. The van der Waals surface area contributed by atoms with Crippen molar-refractivity contribution < 1.29 is 9.53 Å². The second kappa shape index (κ2) is 10.5. The molecule has 1 aromatic heterocycles. The summed E-state index contributed by atoms with van der Waals surface area (Å²) in [6.45, 7) is 5.41. The summed E-state index contributed by atoms with van der Waals surface area (Å²) in [7, 11) is 0. The van der Waals surface area contributed by atoms with Gasteiger partial charge < -0.3 is 14.5 Å². The van der Waals surface area contributed by atoms with E-state index in [4.69, 9.17) is 4.74 Å². The van der Waals surface area contributed by atoms with Crippen LogP contribution in [-0.4, -0.2) is 56.5 Å². The number of morpholine rings is 1. The topological polar surface area (TPSA) is 70.1 Å². The van der Waals surface area contributed by atoms with Gasteiger partial charge in [-0.05, 0) is 30.5 Å². The molecule has 30 heavy (non-hydrogen) atoms. The number of carbonyl (C=O) groups excluding carboxylic acids is 1. The van der Waals surface area contributed by atoms with Gasteiger partial charge in [-0.1, -0.05) is 25.0 Å². The standard InChI is InChI=1S/C22H29N5O2S/c28-21(15-19-17-30-22(24-19)27-11-13-29-14-12-27)25-23-16-18-5-7-20(8-6-18)26-9-3-1-2-4-10-26/h5-8,16-17H,1-4,9-15H2,(H,25,28)/b23-16-. The van der Waals surface area contributed by atoms with E-state index in [1.165, 1.54) is 31.4 Å². The summed E-state index contributed by atoms with van der Waals surface area (Å²) < 4.78 is 5.37. The number of amides is 1. The molecule has 0 bridgehead atoms. The van der Waals surface area contributed by atoms with Crippen LogP contribution < -0.4 is 15.2 Å². The maximum Gasteiger partial charge on any atom is 0.246 e. The van der Waals surface area contributed by atoms with Crippen LogP contribution in [0.15, 0.2) is 34.7 Å². The number of anilines is 2. The third-order valence-electron chi connectivity index (χ3n) is 5.43. The normalized spacial score (nSPS) is 17.9. The van der Waals surface area contributed by atoms with Crippen LogP contribution in [0.4, 0.5) is 10.8 Å². The van der Waals surface area contributed by atoms with E-state index >= 15 is 0 Å². The van der Waals surface area contributed by atoms with Crippen molar-refractivity contribution in [3.05, 3.63) is 40.9 Å². The molecule has 7 nitrogen and oxygen atoms in total. The van der Waals surface area contributed by atoms with Crippen LogP contribution in [0.1, 0.15) is 36.9 Å². The summed E-state index contributed by atoms with van der Waals surface area (Å²) in [5.74, 6) is -0.161. The highest BCUT2D eigenvalue weighted by molar-refractivity contribution is 7.13. The zero-order valence-corrected chi connectivity index (χ0v) is 18.1. The Balaban J connectivity index is 1.25.